The number of rotatable bonds is 5. The van der Waals surface area contributed by atoms with Crippen LogP contribution in [0.1, 0.15) is 50.9 Å². The molecule has 1 fully saturated rings. The lowest BCUT2D eigenvalue weighted by Crippen LogP contribution is -2.31. The van der Waals surface area contributed by atoms with Gasteiger partial charge in [-0.15, -0.1) is 0 Å². The van der Waals surface area contributed by atoms with Crippen molar-refractivity contribution in [2.45, 2.75) is 45.8 Å². The predicted molar refractivity (Wildman–Crippen MR) is 107 cm³/mol. The van der Waals surface area contributed by atoms with Crippen molar-refractivity contribution in [2.24, 2.45) is 10.4 Å². The van der Waals surface area contributed by atoms with E-state index in [2.05, 4.69) is 37.6 Å². The Labute approximate surface area is 160 Å². The molecule has 25 heavy (non-hydrogen) atoms. The van der Waals surface area contributed by atoms with E-state index in [1.807, 2.05) is 0 Å². The predicted octanol–water partition coefficient (Wildman–Crippen LogP) is 5.11. The van der Waals surface area contributed by atoms with E-state index in [0.717, 1.165) is 31.1 Å². The zero-order valence-electron chi connectivity index (χ0n) is 15.6. The Kier molecular flexibility index (Phi) is 6.80. The number of aliphatic imine (C=N–C) groups is 1. The highest BCUT2D eigenvalue weighted by molar-refractivity contribution is 8.14. The zero-order valence-corrected chi connectivity index (χ0v) is 17.2. The summed E-state index contributed by atoms with van der Waals surface area (Å²) in [4.78, 5) is 19.4. The van der Waals surface area contributed by atoms with Crippen LogP contribution < -0.4 is 4.74 Å². The number of ether oxygens (including phenoxy) is 1. The second-order valence-electron chi connectivity index (χ2n) is 7.32. The quantitative estimate of drug-likeness (QED) is 0.709. The van der Waals surface area contributed by atoms with Crippen molar-refractivity contribution in [3.05, 3.63) is 28.8 Å². The second-order valence-corrected chi connectivity index (χ2v) is 8.92. The maximum atomic E-state index is 12.7. The van der Waals surface area contributed by atoms with Gasteiger partial charge >= 0.3 is 0 Å². The van der Waals surface area contributed by atoms with Gasteiger partial charge in [0.15, 0.2) is 5.17 Å². The lowest BCUT2D eigenvalue weighted by molar-refractivity contribution is 0.0999. The second kappa shape index (κ2) is 8.45. The highest BCUT2D eigenvalue weighted by Crippen LogP contribution is 2.38. The molecule has 0 radical (unpaired) electrons. The molecule has 0 spiro atoms. The minimum absolute atomic E-state index is 0.156. The number of halogens is 1. The van der Waals surface area contributed by atoms with Crippen LogP contribution in [0.15, 0.2) is 23.2 Å². The van der Waals surface area contributed by atoms with Crippen molar-refractivity contribution in [1.29, 1.82) is 0 Å². The molecule has 1 aliphatic rings. The van der Waals surface area contributed by atoms with Gasteiger partial charge in [0.2, 0.25) is 0 Å². The number of hydrogen-bond donors (Lipinski definition) is 0. The van der Waals surface area contributed by atoms with E-state index < -0.39 is 0 Å². The lowest BCUT2D eigenvalue weighted by Gasteiger charge is -2.25. The average molecular weight is 383 g/mol. The van der Waals surface area contributed by atoms with Crippen LogP contribution in [0.3, 0.4) is 0 Å². The van der Waals surface area contributed by atoms with E-state index >= 15 is 0 Å². The van der Waals surface area contributed by atoms with Gasteiger partial charge in [0.05, 0.1) is 12.7 Å². The maximum Gasteiger partial charge on any atom is 0.283 e. The summed E-state index contributed by atoms with van der Waals surface area (Å²) < 4.78 is 5.28. The molecule has 1 aromatic carbocycles. The van der Waals surface area contributed by atoms with Crippen LogP contribution in [0.4, 0.5) is 0 Å². The first kappa shape index (κ1) is 20.1. The number of hydrogen-bond acceptors (Lipinski definition) is 3. The molecule has 1 atom stereocenters. The molecule has 0 saturated carbocycles. The van der Waals surface area contributed by atoms with Gasteiger partial charge in [0.25, 0.3) is 5.91 Å². The van der Waals surface area contributed by atoms with E-state index in [4.69, 9.17) is 16.3 Å². The molecule has 1 aromatic rings. The van der Waals surface area contributed by atoms with Crippen LogP contribution in [-0.2, 0) is 0 Å². The Morgan fingerprint density at radius 1 is 1.44 bits per heavy atom. The van der Waals surface area contributed by atoms with Gasteiger partial charge in [-0.1, -0.05) is 57.5 Å². The van der Waals surface area contributed by atoms with Gasteiger partial charge < -0.3 is 9.64 Å². The van der Waals surface area contributed by atoms with Crippen molar-refractivity contribution in [1.82, 2.24) is 4.90 Å². The first-order chi connectivity index (χ1) is 11.8. The standard InChI is InChI=1S/C19H27ClN2O2S/c1-6-7-10-22-12-16(19(2,3)4)25-18(22)21-17(23)14-11-13(20)8-9-15(14)24-5/h8-9,11,16H,6-7,10,12H2,1-5H3. The van der Waals surface area contributed by atoms with Gasteiger partial charge in [0, 0.05) is 23.4 Å². The van der Waals surface area contributed by atoms with Crippen LogP contribution in [0.5, 0.6) is 5.75 Å². The zero-order chi connectivity index (χ0) is 18.6. The fourth-order valence-corrected chi connectivity index (χ4v) is 4.08. The monoisotopic (exact) mass is 382 g/mol. The van der Waals surface area contributed by atoms with Crippen molar-refractivity contribution in [2.75, 3.05) is 20.2 Å². The maximum absolute atomic E-state index is 12.7. The van der Waals surface area contributed by atoms with Crippen molar-refractivity contribution >= 4 is 34.4 Å². The number of thioether (sulfide) groups is 1. The largest absolute Gasteiger partial charge is 0.496 e. The van der Waals surface area contributed by atoms with Crippen LogP contribution in [0.25, 0.3) is 0 Å². The number of amides is 1. The molecule has 4 nitrogen and oxygen atoms in total. The van der Waals surface area contributed by atoms with Crippen LogP contribution in [0.2, 0.25) is 5.02 Å². The van der Waals surface area contributed by atoms with Crippen LogP contribution >= 0.6 is 23.4 Å². The molecule has 0 bridgehead atoms. The fourth-order valence-electron chi connectivity index (χ4n) is 2.60. The summed E-state index contributed by atoms with van der Waals surface area (Å²) in [5.74, 6) is 0.187. The van der Waals surface area contributed by atoms with Gasteiger partial charge in [0.1, 0.15) is 5.75 Å². The number of nitrogens with zero attached hydrogens (tertiary/aromatic N) is 2. The van der Waals surface area contributed by atoms with E-state index in [1.165, 1.54) is 0 Å². The Bertz CT molecular complexity index is 655. The molecule has 0 N–H and O–H groups in total. The number of carbonyl (C=O) groups excluding carboxylic acids is 1. The Hall–Kier alpha value is -1.20. The summed E-state index contributed by atoms with van der Waals surface area (Å²) in [5.41, 5.74) is 0.557. The minimum atomic E-state index is -0.307. The molecule has 138 valence electrons. The molecular weight excluding hydrogens is 356 g/mol. The highest BCUT2D eigenvalue weighted by Gasteiger charge is 2.36. The topological polar surface area (TPSA) is 41.9 Å². The van der Waals surface area contributed by atoms with Gasteiger partial charge in [-0.2, -0.15) is 4.99 Å². The summed E-state index contributed by atoms with van der Waals surface area (Å²) in [6.07, 6.45) is 2.20. The SMILES string of the molecule is CCCCN1CC(C(C)(C)C)SC1=NC(=O)c1cc(Cl)ccc1OC. The molecule has 1 heterocycles. The van der Waals surface area contributed by atoms with Gasteiger partial charge in [-0.25, -0.2) is 0 Å². The van der Waals surface area contributed by atoms with Gasteiger partial charge in [-0.05, 0) is 30.0 Å². The van der Waals surface area contributed by atoms with Gasteiger partial charge in [-0.3, -0.25) is 4.79 Å². The summed E-state index contributed by atoms with van der Waals surface area (Å²) in [7, 11) is 1.54. The summed E-state index contributed by atoms with van der Waals surface area (Å²) in [5, 5.41) is 1.72. The third-order valence-corrected chi connectivity index (χ3v) is 6.18. The first-order valence-electron chi connectivity index (χ1n) is 8.64. The minimum Gasteiger partial charge on any atom is -0.496 e. The molecule has 1 aliphatic heterocycles. The molecule has 0 aromatic heterocycles. The molecule has 2 rings (SSSR count). The number of unbranched alkanes of at least 4 members (excludes halogenated alkanes) is 1. The number of benzene rings is 1. The summed E-state index contributed by atoms with van der Waals surface area (Å²) in [6.45, 7) is 10.7. The molecule has 1 saturated heterocycles. The fraction of sp³-hybridized carbons (Fsp3) is 0.579. The van der Waals surface area contributed by atoms with E-state index in [0.29, 0.717) is 21.6 Å². The lowest BCUT2D eigenvalue weighted by atomic mass is 9.91. The van der Waals surface area contributed by atoms with Crippen LogP contribution in [-0.4, -0.2) is 41.4 Å². The third kappa shape index (κ3) is 5.14. The van der Waals surface area contributed by atoms with E-state index in [9.17, 15) is 4.79 Å². The Morgan fingerprint density at radius 2 is 2.16 bits per heavy atom. The van der Waals surface area contributed by atoms with Crippen LogP contribution in [0, 0.1) is 5.41 Å². The van der Waals surface area contributed by atoms with E-state index in [1.54, 1.807) is 37.1 Å². The number of carbonyl (C=O) groups is 1. The Morgan fingerprint density at radius 3 is 2.76 bits per heavy atom. The number of amidine groups is 1. The van der Waals surface area contributed by atoms with Crippen molar-refractivity contribution < 1.29 is 9.53 Å². The molecule has 1 amide bonds. The summed E-state index contributed by atoms with van der Waals surface area (Å²) in [6, 6.07) is 5.02. The highest BCUT2D eigenvalue weighted by atomic mass is 35.5. The Balaban J connectivity index is 2.29. The van der Waals surface area contributed by atoms with E-state index in [-0.39, 0.29) is 11.3 Å². The average Bonchev–Trinajstić information content (AvgIpc) is 2.95. The third-order valence-electron chi connectivity index (χ3n) is 4.24. The molecule has 1 unspecified atom stereocenters. The summed E-state index contributed by atoms with van der Waals surface area (Å²) >= 11 is 7.74. The normalized spacial score (nSPS) is 19.5. The van der Waals surface area contributed by atoms with Crippen molar-refractivity contribution in [3.63, 3.8) is 0 Å². The first-order valence-corrected chi connectivity index (χ1v) is 9.90. The molecule has 6 heteroatoms. The smallest absolute Gasteiger partial charge is 0.283 e. The number of methoxy groups -OCH3 is 1. The molecular formula is C19H27ClN2O2S. The molecule has 0 aliphatic carbocycles. The van der Waals surface area contributed by atoms with Crippen molar-refractivity contribution in [3.8, 4) is 5.75 Å².